The average molecular weight is 361 g/mol. The van der Waals surface area contributed by atoms with Crippen molar-refractivity contribution in [3.63, 3.8) is 0 Å². The predicted molar refractivity (Wildman–Crippen MR) is 107 cm³/mol. The minimum Gasteiger partial charge on any atom is -0.369 e. The molecule has 1 saturated heterocycles. The highest BCUT2D eigenvalue weighted by Gasteiger charge is 2.18. The Morgan fingerprint density at radius 2 is 1.73 bits per heavy atom. The molecule has 2 amide bonds. The van der Waals surface area contributed by atoms with Crippen molar-refractivity contribution in [3.8, 4) is 0 Å². The molecule has 0 unspecified atom stereocenters. The minimum atomic E-state index is -0.128. The number of benzene rings is 1. The number of carbonyl (C=O) groups is 2. The van der Waals surface area contributed by atoms with Crippen LogP contribution >= 0.6 is 0 Å². The molecule has 1 fully saturated rings. The van der Waals surface area contributed by atoms with Gasteiger partial charge in [0.1, 0.15) is 6.54 Å². The monoisotopic (exact) mass is 360 g/mol. The molecule has 0 aliphatic carbocycles. The highest BCUT2D eigenvalue weighted by Crippen LogP contribution is 2.22. The summed E-state index contributed by atoms with van der Waals surface area (Å²) in [5, 5.41) is 2.89. The number of likely N-dealkylation sites (N-methyl/N-ethyl adjacent to an activating group) is 1. The van der Waals surface area contributed by atoms with E-state index in [-0.39, 0.29) is 18.4 Å². The lowest BCUT2D eigenvalue weighted by atomic mass is 10.1. The first-order valence-electron chi connectivity index (χ1n) is 9.45. The zero-order valence-corrected chi connectivity index (χ0v) is 16.5. The van der Waals surface area contributed by atoms with Crippen LogP contribution in [0.3, 0.4) is 0 Å². The maximum absolute atomic E-state index is 12.1. The Balaban J connectivity index is 1.96. The molecule has 2 rings (SSSR count). The first-order valence-corrected chi connectivity index (χ1v) is 9.45. The van der Waals surface area contributed by atoms with Crippen LogP contribution in [0.2, 0.25) is 0 Å². The molecule has 0 radical (unpaired) electrons. The van der Waals surface area contributed by atoms with Crippen LogP contribution in [0.4, 0.5) is 11.4 Å². The Morgan fingerprint density at radius 1 is 1.12 bits per heavy atom. The van der Waals surface area contributed by atoms with Gasteiger partial charge in [0, 0.05) is 51.0 Å². The lowest BCUT2D eigenvalue weighted by Gasteiger charge is -2.34. The molecule has 144 valence electrons. The molecule has 1 N–H and O–H groups in total. The van der Waals surface area contributed by atoms with Crippen LogP contribution < -0.4 is 15.1 Å². The first kappa shape index (κ1) is 20.2. The van der Waals surface area contributed by atoms with Gasteiger partial charge < -0.3 is 20.0 Å². The Hall–Kier alpha value is -2.08. The van der Waals surface area contributed by atoms with E-state index in [1.54, 1.807) is 0 Å². The SMILES string of the molecule is CC(=O)N(CC(=O)NCCC(C)C)c1ccc(N2CCN(C)CC2)cc1. The zero-order valence-electron chi connectivity index (χ0n) is 16.5. The van der Waals surface area contributed by atoms with Crippen LogP contribution in [0.5, 0.6) is 0 Å². The van der Waals surface area contributed by atoms with E-state index in [0.717, 1.165) is 44.0 Å². The summed E-state index contributed by atoms with van der Waals surface area (Å²) >= 11 is 0. The smallest absolute Gasteiger partial charge is 0.240 e. The lowest BCUT2D eigenvalue weighted by molar-refractivity contribution is -0.123. The minimum absolute atomic E-state index is 0.0568. The number of hydrogen-bond donors (Lipinski definition) is 1. The van der Waals surface area contributed by atoms with Crippen molar-refractivity contribution in [2.24, 2.45) is 5.92 Å². The fourth-order valence-corrected chi connectivity index (χ4v) is 2.99. The van der Waals surface area contributed by atoms with Gasteiger partial charge in [-0.25, -0.2) is 0 Å². The lowest BCUT2D eigenvalue weighted by Crippen LogP contribution is -2.44. The molecule has 26 heavy (non-hydrogen) atoms. The second-order valence-electron chi connectivity index (χ2n) is 7.44. The van der Waals surface area contributed by atoms with Crippen LogP contribution in [0.1, 0.15) is 27.2 Å². The van der Waals surface area contributed by atoms with E-state index in [9.17, 15) is 9.59 Å². The van der Waals surface area contributed by atoms with Crippen molar-refractivity contribution in [2.75, 3.05) is 56.1 Å². The average Bonchev–Trinajstić information content (AvgIpc) is 2.60. The molecule has 1 aliphatic heterocycles. The first-order chi connectivity index (χ1) is 12.4. The van der Waals surface area contributed by atoms with Gasteiger partial charge in [0.15, 0.2) is 0 Å². The van der Waals surface area contributed by atoms with Gasteiger partial charge in [0.2, 0.25) is 11.8 Å². The van der Waals surface area contributed by atoms with Crippen molar-refractivity contribution in [2.45, 2.75) is 27.2 Å². The van der Waals surface area contributed by atoms with E-state index in [1.165, 1.54) is 11.8 Å². The summed E-state index contributed by atoms with van der Waals surface area (Å²) in [5.41, 5.74) is 1.92. The zero-order chi connectivity index (χ0) is 19.1. The molecule has 0 bridgehead atoms. The Bertz CT molecular complexity index is 592. The van der Waals surface area contributed by atoms with Gasteiger partial charge in [-0.3, -0.25) is 9.59 Å². The quantitative estimate of drug-likeness (QED) is 0.808. The van der Waals surface area contributed by atoms with E-state index < -0.39 is 0 Å². The van der Waals surface area contributed by atoms with Crippen molar-refractivity contribution in [3.05, 3.63) is 24.3 Å². The van der Waals surface area contributed by atoms with Crippen molar-refractivity contribution >= 4 is 23.2 Å². The number of hydrogen-bond acceptors (Lipinski definition) is 4. The molecule has 0 saturated carbocycles. The van der Waals surface area contributed by atoms with Crippen LogP contribution in [0.15, 0.2) is 24.3 Å². The summed E-state index contributed by atoms with van der Waals surface area (Å²) in [4.78, 5) is 30.3. The molecule has 1 heterocycles. The van der Waals surface area contributed by atoms with Crippen molar-refractivity contribution in [1.82, 2.24) is 10.2 Å². The van der Waals surface area contributed by atoms with Gasteiger partial charge in [-0.05, 0) is 43.7 Å². The fourth-order valence-electron chi connectivity index (χ4n) is 2.99. The molecule has 6 heteroatoms. The third kappa shape index (κ3) is 6.02. The molecular formula is C20H32N4O2. The van der Waals surface area contributed by atoms with Gasteiger partial charge in [-0.15, -0.1) is 0 Å². The largest absolute Gasteiger partial charge is 0.369 e. The molecule has 1 aliphatic rings. The van der Waals surface area contributed by atoms with Crippen LogP contribution in [-0.2, 0) is 9.59 Å². The number of anilines is 2. The summed E-state index contributed by atoms with van der Waals surface area (Å²) < 4.78 is 0. The molecule has 0 atom stereocenters. The predicted octanol–water partition coefficient (Wildman–Crippen LogP) is 1.95. The molecule has 1 aromatic rings. The number of nitrogens with one attached hydrogen (secondary N) is 1. The van der Waals surface area contributed by atoms with Crippen LogP contribution in [0.25, 0.3) is 0 Å². The van der Waals surface area contributed by atoms with E-state index in [2.05, 4.69) is 36.0 Å². The van der Waals surface area contributed by atoms with Gasteiger partial charge >= 0.3 is 0 Å². The number of piperazine rings is 1. The second-order valence-corrected chi connectivity index (χ2v) is 7.44. The topological polar surface area (TPSA) is 55.9 Å². The second kappa shape index (κ2) is 9.57. The van der Waals surface area contributed by atoms with Gasteiger partial charge in [0.05, 0.1) is 0 Å². The Morgan fingerprint density at radius 3 is 2.27 bits per heavy atom. The Labute approximate surface area is 157 Å². The van der Waals surface area contributed by atoms with Gasteiger partial charge in [-0.1, -0.05) is 13.8 Å². The number of nitrogens with zero attached hydrogens (tertiary/aromatic N) is 3. The maximum atomic E-state index is 12.1. The van der Waals surface area contributed by atoms with Crippen molar-refractivity contribution < 1.29 is 9.59 Å². The molecular weight excluding hydrogens is 328 g/mol. The Kier molecular flexibility index (Phi) is 7.45. The molecule has 1 aromatic carbocycles. The summed E-state index contributed by atoms with van der Waals surface area (Å²) in [6.07, 6.45) is 0.936. The fraction of sp³-hybridized carbons (Fsp3) is 0.600. The van der Waals surface area contributed by atoms with Crippen LogP contribution in [0, 0.1) is 5.92 Å². The highest BCUT2D eigenvalue weighted by atomic mass is 16.2. The number of rotatable bonds is 7. The van der Waals surface area contributed by atoms with Gasteiger partial charge in [0.25, 0.3) is 0 Å². The normalized spacial score (nSPS) is 15.2. The molecule has 6 nitrogen and oxygen atoms in total. The third-order valence-corrected chi connectivity index (χ3v) is 4.76. The van der Waals surface area contributed by atoms with Crippen molar-refractivity contribution in [1.29, 1.82) is 0 Å². The summed E-state index contributed by atoms with van der Waals surface area (Å²) in [5.74, 6) is 0.293. The van der Waals surface area contributed by atoms with Crippen LogP contribution in [-0.4, -0.2) is 63.0 Å². The number of carbonyl (C=O) groups excluding carboxylic acids is 2. The highest BCUT2D eigenvalue weighted by molar-refractivity contribution is 5.97. The summed E-state index contributed by atoms with van der Waals surface area (Å²) in [7, 11) is 2.14. The summed E-state index contributed by atoms with van der Waals surface area (Å²) in [6, 6.07) is 7.92. The molecule has 0 aromatic heterocycles. The third-order valence-electron chi connectivity index (χ3n) is 4.76. The molecule has 0 spiro atoms. The van der Waals surface area contributed by atoms with E-state index in [4.69, 9.17) is 0 Å². The standard InChI is InChI=1S/C20H32N4O2/c1-16(2)9-10-21-20(26)15-24(17(3)25)19-7-5-18(6-8-19)23-13-11-22(4)12-14-23/h5-8,16H,9-15H2,1-4H3,(H,21,26). The van der Waals surface area contributed by atoms with Gasteiger partial charge in [-0.2, -0.15) is 0 Å². The summed E-state index contributed by atoms with van der Waals surface area (Å²) in [6.45, 7) is 10.6. The van der Waals surface area contributed by atoms with E-state index in [0.29, 0.717) is 12.5 Å². The van der Waals surface area contributed by atoms with E-state index in [1.807, 2.05) is 24.3 Å². The maximum Gasteiger partial charge on any atom is 0.240 e. The van der Waals surface area contributed by atoms with E-state index >= 15 is 0 Å². The number of amides is 2.